The summed E-state index contributed by atoms with van der Waals surface area (Å²) >= 11 is 0. The molecule has 0 unspecified atom stereocenters. The fourth-order valence-electron chi connectivity index (χ4n) is 4.45. The number of hydrogen-bond donors (Lipinski definition) is 1. The van der Waals surface area contributed by atoms with Gasteiger partial charge in [0.25, 0.3) is 0 Å². The highest BCUT2D eigenvalue weighted by Gasteiger charge is 2.35. The molecule has 1 heterocycles. The van der Waals surface area contributed by atoms with E-state index in [1.54, 1.807) is 0 Å². The van der Waals surface area contributed by atoms with Crippen molar-refractivity contribution in [2.24, 2.45) is 0 Å². The van der Waals surface area contributed by atoms with Crippen LogP contribution in [0.15, 0.2) is 91.0 Å². The lowest BCUT2D eigenvalue weighted by molar-refractivity contribution is -0.121. The Morgan fingerprint density at radius 3 is 1.83 bits per heavy atom. The number of nitrogens with one attached hydrogen (secondary N) is 1. The summed E-state index contributed by atoms with van der Waals surface area (Å²) in [7, 11) is 0. The van der Waals surface area contributed by atoms with E-state index < -0.39 is 0 Å². The third kappa shape index (κ3) is 4.80. The van der Waals surface area contributed by atoms with Gasteiger partial charge in [0.1, 0.15) is 0 Å². The summed E-state index contributed by atoms with van der Waals surface area (Å²) in [5.41, 5.74) is 3.58. The molecule has 0 radical (unpaired) electrons. The standard InChI is InChI=1S/C27H29NO2/c29-26(20-25(22-10-4-1-5-11-22)23-12-6-2-7-13-23)28-21-27(16-18-30-19-17-27)24-14-8-3-9-15-24/h1-15,25H,16-21H2,(H,28,29). The first-order chi connectivity index (χ1) is 14.8. The smallest absolute Gasteiger partial charge is 0.220 e. The van der Waals surface area contributed by atoms with Crippen molar-refractivity contribution < 1.29 is 9.53 Å². The van der Waals surface area contributed by atoms with Crippen LogP contribution >= 0.6 is 0 Å². The Kier molecular flexibility index (Phi) is 6.60. The van der Waals surface area contributed by atoms with Gasteiger partial charge in [-0.15, -0.1) is 0 Å². The van der Waals surface area contributed by atoms with Crippen molar-refractivity contribution in [3.8, 4) is 0 Å². The van der Waals surface area contributed by atoms with Gasteiger partial charge >= 0.3 is 0 Å². The summed E-state index contributed by atoms with van der Waals surface area (Å²) in [5.74, 6) is 0.143. The molecule has 154 valence electrons. The van der Waals surface area contributed by atoms with Crippen molar-refractivity contribution in [1.82, 2.24) is 5.32 Å². The summed E-state index contributed by atoms with van der Waals surface area (Å²) in [6, 6.07) is 31.1. The third-order valence-electron chi connectivity index (χ3n) is 6.25. The lowest BCUT2D eigenvalue weighted by Crippen LogP contribution is -2.44. The van der Waals surface area contributed by atoms with Gasteiger partial charge in [0.2, 0.25) is 5.91 Å². The predicted octanol–water partition coefficient (Wildman–Crippen LogP) is 5.07. The van der Waals surface area contributed by atoms with Crippen LogP contribution < -0.4 is 5.32 Å². The number of hydrogen-bond acceptors (Lipinski definition) is 2. The van der Waals surface area contributed by atoms with Crippen LogP contribution in [-0.2, 0) is 14.9 Å². The largest absolute Gasteiger partial charge is 0.381 e. The molecule has 3 aromatic carbocycles. The summed E-state index contributed by atoms with van der Waals surface area (Å²) in [4.78, 5) is 13.1. The van der Waals surface area contributed by atoms with Crippen LogP contribution in [-0.4, -0.2) is 25.7 Å². The van der Waals surface area contributed by atoms with Gasteiger partial charge in [0, 0.05) is 37.5 Å². The molecule has 1 fully saturated rings. The van der Waals surface area contributed by atoms with Crippen molar-refractivity contribution >= 4 is 5.91 Å². The molecular formula is C27H29NO2. The molecule has 3 nitrogen and oxygen atoms in total. The van der Waals surface area contributed by atoms with E-state index in [-0.39, 0.29) is 17.2 Å². The quantitative estimate of drug-likeness (QED) is 0.602. The van der Waals surface area contributed by atoms with Gasteiger partial charge in [0.15, 0.2) is 0 Å². The fourth-order valence-corrected chi connectivity index (χ4v) is 4.45. The van der Waals surface area contributed by atoms with Gasteiger partial charge in [-0.05, 0) is 29.5 Å². The monoisotopic (exact) mass is 399 g/mol. The molecule has 30 heavy (non-hydrogen) atoms. The second kappa shape index (κ2) is 9.73. The Bertz CT molecular complexity index is 879. The van der Waals surface area contributed by atoms with Gasteiger partial charge in [-0.1, -0.05) is 91.0 Å². The summed E-state index contributed by atoms with van der Waals surface area (Å²) in [6.07, 6.45) is 2.30. The van der Waals surface area contributed by atoms with Crippen molar-refractivity contribution in [2.45, 2.75) is 30.6 Å². The number of carbonyl (C=O) groups is 1. The van der Waals surface area contributed by atoms with Crippen molar-refractivity contribution in [2.75, 3.05) is 19.8 Å². The zero-order valence-electron chi connectivity index (χ0n) is 17.3. The number of ether oxygens (including phenoxy) is 1. The van der Waals surface area contributed by atoms with Crippen LogP contribution in [0.4, 0.5) is 0 Å². The van der Waals surface area contributed by atoms with Crippen LogP contribution in [0.3, 0.4) is 0 Å². The van der Waals surface area contributed by atoms with Crippen LogP contribution in [0.2, 0.25) is 0 Å². The molecule has 1 N–H and O–H groups in total. The Balaban J connectivity index is 1.49. The van der Waals surface area contributed by atoms with Crippen LogP contribution in [0.1, 0.15) is 41.9 Å². The highest BCUT2D eigenvalue weighted by molar-refractivity contribution is 5.77. The zero-order chi connectivity index (χ0) is 20.7. The Hall–Kier alpha value is -2.91. The molecule has 0 aromatic heterocycles. The van der Waals surface area contributed by atoms with E-state index >= 15 is 0 Å². The van der Waals surface area contributed by atoms with E-state index in [2.05, 4.69) is 53.8 Å². The minimum atomic E-state index is -0.0514. The molecule has 1 aliphatic heterocycles. The lowest BCUT2D eigenvalue weighted by atomic mass is 9.74. The van der Waals surface area contributed by atoms with Crippen molar-refractivity contribution in [3.63, 3.8) is 0 Å². The summed E-state index contributed by atoms with van der Waals surface area (Å²) in [6.45, 7) is 2.12. The van der Waals surface area contributed by atoms with Crippen molar-refractivity contribution in [1.29, 1.82) is 0 Å². The number of carbonyl (C=O) groups excluding carboxylic acids is 1. The number of amides is 1. The van der Waals surface area contributed by atoms with E-state index in [0.717, 1.165) is 26.1 Å². The van der Waals surface area contributed by atoms with Gasteiger partial charge in [0.05, 0.1) is 0 Å². The van der Waals surface area contributed by atoms with Gasteiger partial charge in [-0.3, -0.25) is 4.79 Å². The van der Waals surface area contributed by atoms with Gasteiger partial charge in [-0.25, -0.2) is 0 Å². The molecule has 4 rings (SSSR count). The molecule has 0 aliphatic carbocycles. The van der Waals surface area contributed by atoms with Crippen LogP contribution in [0.25, 0.3) is 0 Å². The summed E-state index contributed by atoms with van der Waals surface area (Å²) in [5, 5.41) is 3.27. The zero-order valence-corrected chi connectivity index (χ0v) is 17.3. The van der Waals surface area contributed by atoms with E-state index in [1.165, 1.54) is 16.7 Å². The first-order valence-corrected chi connectivity index (χ1v) is 10.8. The average molecular weight is 400 g/mol. The van der Waals surface area contributed by atoms with E-state index in [4.69, 9.17) is 4.74 Å². The van der Waals surface area contributed by atoms with E-state index in [0.29, 0.717) is 13.0 Å². The minimum Gasteiger partial charge on any atom is -0.381 e. The molecule has 1 amide bonds. The number of benzene rings is 3. The molecule has 0 saturated carbocycles. The topological polar surface area (TPSA) is 38.3 Å². The first kappa shape index (κ1) is 20.4. The molecule has 3 aromatic rings. The van der Waals surface area contributed by atoms with Crippen LogP contribution in [0, 0.1) is 0 Å². The predicted molar refractivity (Wildman–Crippen MR) is 121 cm³/mol. The Labute approximate surface area is 179 Å². The maximum Gasteiger partial charge on any atom is 0.220 e. The van der Waals surface area contributed by atoms with E-state index in [9.17, 15) is 4.79 Å². The molecule has 3 heteroatoms. The van der Waals surface area contributed by atoms with Gasteiger partial charge in [-0.2, -0.15) is 0 Å². The number of rotatable bonds is 7. The molecule has 0 bridgehead atoms. The van der Waals surface area contributed by atoms with Crippen molar-refractivity contribution in [3.05, 3.63) is 108 Å². The second-order valence-corrected chi connectivity index (χ2v) is 8.11. The van der Waals surface area contributed by atoms with E-state index in [1.807, 2.05) is 42.5 Å². The second-order valence-electron chi connectivity index (χ2n) is 8.11. The maximum atomic E-state index is 13.1. The normalized spacial score (nSPS) is 15.6. The SMILES string of the molecule is O=C(CC(c1ccccc1)c1ccccc1)NCC1(c2ccccc2)CCOCC1. The third-order valence-corrected chi connectivity index (χ3v) is 6.25. The molecule has 1 aliphatic rings. The molecule has 0 spiro atoms. The fraction of sp³-hybridized carbons (Fsp3) is 0.296. The molecule has 0 atom stereocenters. The van der Waals surface area contributed by atoms with Crippen LogP contribution in [0.5, 0.6) is 0 Å². The van der Waals surface area contributed by atoms with Gasteiger partial charge < -0.3 is 10.1 Å². The molecular weight excluding hydrogens is 370 g/mol. The minimum absolute atomic E-state index is 0.0507. The highest BCUT2D eigenvalue weighted by Crippen LogP contribution is 2.34. The first-order valence-electron chi connectivity index (χ1n) is 10.8. The Morgan fingerprint density at radius 2 is 1.30 bits per heavy atom. The average Bonchev–Trinajstić information content (AvgIpc) is 2.83. The highest BCUT2D eigenvalue weighted by atomic mass is 16.5. The summed E-state index contributed by atoms with van der Waals surface area (Å²) < 4.78 is 5.62. The lowest BCUT2D eigenvalue weighted by Gasteiger charge is -2.38. The molecule has 1 saturated heterocycles. The maximum absolute atomic E-state index is 13.1. The Morgan fingerprint density at radius 1 is 0.800 bits per heavy atom.